The fourth-order valence-electron chi connectivity index (χ4n) is 4.26. The number of aliphatic hydroxyl groups is 1. The molecule has 27 heavy (non-hydrogen) atoms. The smallest absolute Gasteiger partial charge is 0.251 e. The first-order valence-electron chi connectivity index (χ1n) is 9.90. The van der Waals surface area contributed by atoms with Crippen molar-refractivity contribution in [2.75, 3.05) is 13.2 Å². The van der Waals surface area contributed by atoms with Gasteiger partial charge in [-0.15, -0.1) is 0 Å². The fraction of sp³-hybridized carbons (Fsp3) is 0.650. The standard InChI is InChI=1S/C20H27N3O4/c24-16-12-27-18(19(25)22-13-20(26)8-2-1-3-9-20)17(23(16)15-6-7-15)14-5-4-10-21-11-14/h4-5,10-11,15,17-18,26H,1-3,6-9,12-13H2,(H,22,25)/t17-,18+/m1/s1. The van der Waals surface area contributed by atoms with E-state index in [0.29, 0.717) is 12.8 Å². The van der Waals surface area contributed by atoms with E-state index in [1.165, 1.54) is 0 Å². The molecule has 2 amide bonds. The van der Waals surface area contributed by atoms with E-state index in [1.54, 1.807) is 23.4 Å². The summed E-state index contributed by atoms with van der Waals surface area (Å²) in [4.78, 5) is 31.4. The summed E-state index contributed by atoms with van der Waals surface area (Å²) < 4.78 is 5.69. The molecule has 3 fully saturated rings. The van der Waals surface area contributed by atoms with Crippen molar-refractivity contribution >= 4 is 11.8 Å². The van der Waals surface area contributed by atoms with Crippen molar-refractivity contribution in [3.63, 3.8) is 0 Å². The molecule has 7 heteroatoms. The number of nitrogens with zero attached hydrogens (tertiary/aromatic N) is 2. The molecule has 146 valence electrons. The van der Waals surface area contributed by atoms with Gasteiger partial charge in [0.1, 0.15) is 6.61 Å². The van der Waals surface area contributed by atoms with Crippen LogP contribution in [0.1, 0.15) is 56.6 Å². The van der Waals surface area contributed by atoms with Crippen molar-refractivity contribution in [2.24, 2.45) is 0 Å². The molecule has 0 unspecified atom stereocenters. The Kier molecular flexibility index (Phi) is 5.14. The zero-order valence-corrected chi connectivity index (χ0v) is 15.5. The fourth-order valence-corrected chi connectivity index (χ4v) is 4.26. The lowest BCUT2D eigenvalue weighted by Crippen LogP contribution is -2.56. The Morgan fingerprint density at radius 3 is 2.78 bits per heavy atom. The molecule has 0 bridgehead atoms. The number of carbonyl (C=O) groups excluding carboxylic acids is 2. The molecule has 1 aromatic rings. The van der Waals surface area contributed by atoms with Gasteiger partial charge in [0.2, 0.25) is 5.91 Å². The molecule has 1 saturated heterocycles. The van der Waals surface area contributed by atoms with Crippen LogP contribution >= 0.6 is 0 Å². The van der Waals surface area contributed by atoms with Crippen LogP contribution < -0.4 is 5.32 Å². The quantitative estimate of drug-likeness (QED) is 0.812. The maximum atomic E-state index is 13.0. The summed E-state index contributed by atoms with van der Waals surface area (Å²) in [6.07, 6.45) is 8.98. The lowest BCUT2D eigenvalue weighted by Gasteiger charge is -2.41. The highest BCUT2D eigenvalue weighted by molar-refractivity contribution is 5.86. The lowest BCUT2D eigenvalue weighted by atomic mass is 9.85. The number of hydrogen-bond donors (Lipinski definition) is 2. The van der Waals surface area contributed by atoms with Crippen LogP contribution in [0.2, 0.25) is 0 Å². The third-order valence-electron chi connectivity index (χ3n) is 5.86. The van der Waals surface area contributed by atoms with Crippen LogP contribution in [0.5, 0.6) is 0 Å². The average molecular weight is 373 g/mol. The Bertz CT molecular complexity index is 686. The third kappa shape index (κ3) is 3.99. The number of nitrogens with one attached hydrogen (secondary N) is 1. The van der Waals surface area contributed by atoms with Crippen LogP contribution in [0.3, 0.4) is 0 Å². The zero-order valence-electron chi connectivity index (χ0n) is 15.5. The van der Waals surface area contributed by atoms with Gasteiger partial charge in [0, 0.05) is 25.0 Å². The van der Waals surface area contributed by atoms with E-state index in [-0.39, 0.29) is 31.0 Å². The van der Waals surface area contributed by atoms with Crippen molar-refractivity contribution in [1.82, 2.24) is 15.2 Å². The maximum Gasteiger partial charge on any atom is 0.251 e. The van der Waals surface area contributed by atoms with E-state index in [4.69, 9.17) is 4.74 Å². The van der Waals surface area contributed by atoms with E-state index < -0.39 is 17.7 Å². The second-order valence-corrected chi connectivity index (χ2v) is 8.00. The predicted molar refractivity (Wildman–Crippen MR) is 97.6 cm³/mol. The number of hydrogen-bond acceptors (Lipinski definition) is 5. The first-order chi connectivity index (χ1) is 13.1. The van der Waals surface area contributed by atoms with Crippen LogP contribution in [-0.2, 0) is 14.3 Å². The molecule has 2 saturated carbocycles. The van der Waals surface area contributed by atoms with E-state index >= 15 is 0 Å². The first-order valence-corrected chi connectivity index (χ1v) is 9.90. The second-order valence-electron chi connectivity index (χ2n) is 8.00. The molecule has 0 aromatic carbocycles. The number of morpholine rings is 1. The van der Waals surface area contributed by atoms with E-state index in [9.17, 15) is 14.7 Å². The molecule has 2 aliphatic carbocycles. The summed E-state index contributed by atoms with van der Waals surface area (Å²) in [6, 6.07) is 3.38. The van der Waals surface area contributed by atoms with Gasteiger partial charge in [-0.2, -0.15) is 0 Å². The number of aromatic nitrogens is 1. The Labute approximate surface area is 159 Å². The van der Waals surface area contributed by atoms with Crippen molar-refractivity contribution < 1.29 is 19.4 Å². The van der Waals surface area contributed by atoms with Gasteiger partial charge < -0.3 is 20.1 Å². The van der Waals surface area contributed by atoms with Crippen molar-refractivity contribution in [1.29, 1.82) is 0 Å². The summed E-state index contributed by atoms with van der Waals surface area (Å²) in [7, 11) is 0. The predicted octanol–water partition coefficient (Wildman–Crippen LogP) is 1.32. The van der Waals surface area contributed by atoms with Crippen LogP contribution in [-0.4, -0.2) is 57.7 Å². The lowest BCUT2D eigenvalue weighted by molar-refractivity contribution is -0.165. The van der Waals surface area contributed by atoms with E-state index in [0.717, 1.165) is 37.7 Å². The van der Waals surface area contributed by atoms with Crippen molar-refractivity contribution in [3.8, 4) is 0 Å². The maximum absolute atomic E-state index is 13.0. The van der Waals surface area contributed by atoms with Crippen LogP contribution in [0, 0.1) is 0 Å². The molecule has 0 radical (unpaired) electrons. The van der Waals surface area contributed by atoms with Gasteiger partial charge in [0.05, 0.1) is 11.6 Å². The molecule has 1 aliphatic heterocycles. The van der Waals surface area contributed by atoms with Gasteiger partial charge in [0.25, 0.3) is 5.91 Å². The van der Waals surface area contributed by atoms with Gasteiger partial charge in [0.15, 0.2) is 6.10 Å². The Hall–Kier alpha value is -1.99. The number of pyridine rings is 1. The third-order valence-corrected chi connectivity index (χ3v) is 5.86. The Balaban J connectivity index is 1.52. The minimum atomic E-state index is -0.835. The SMILES string of the molecule is O=C(NCC1(O)CCCCC1)[C@H]1OCC(=O)N(C2CC2)[C@@H]1c1cccnc1. The van der Waals surface area contributed by atoms with Gasteiger partial charge >= 0.3 is 0 Å². The van der Waals surface area contributed by atoms with Crippen LogP contribution in [0.15, 0.2) is 24.5 Å². The van der Waals surface area contributed by atoms with Crippen molar-refractivity contribution in [2.45, 2.75) is 68.7 Å². The number of rotatable bonds is 5. The second kappa shape index (κ2) is 7.56. The molecule has 2 N–H and O–H groups in total. The number of amides is 2. The number of ether oxygens (including phenoxy) is 1. The minimum absolute atomic E-state index is 0.0821. The normalized spacial score (nSPS) is 28.0. The highest BCUT2D eigenvalue weighted by Crippen LogP contribution is 2.39. The average Bonchev–Trinajstić information content (AvgIpc) is 3.52. The monoisotopic (exact) mass is 373 g/mol. The van der Waals surface area contributed by atoms with Crippen molar-refractivity contribution in [3.05, 3.63) is 30.1 Å². The summed E-state index contributed by atoms with van der Waals surface area (Å²) in [6.45, 7) is 0.137. The Morgan fingerprint density at radius 2 is 2.11 bits per heavy atom. The summed E-state index contributed by atoms with van der Waals surface area (Å²) >= 11 is 0. The molecule has 2 atom stereocenters. The molecule has 1 aromatic heterocycles. The molecule has 7 nitrogen and oxygen atoms in total. The molecule has 2 heterocycles. The first kappa shape index (κ1) is 18.4. The number of carbonyl (C=O) groups is 2. The highest BCUT2D eigenvalue weighted by Gasteiger charge is 2.47. The van der Waals surface area contributed by atoms with E-state index in [1.807, 2.05) is 6.07 Å². The molecular weight excluding hydrogens is 346 g/mol. The van der Waals surface area contributed by atoms with Gasteiger partial charge in [-0.3, -0.25) is 14.6 Å². The zero-order chi connectivity index (χ0) is 18.9. The summed E-state index contributed by atoms with van der Waals surface area (Å²) in [5.74, 6) is -0.359. The highest BCUT2D eigenvalue weighted by atomic mass is 16.5. The summed E-state index contributed by atoms with van der Waals surface area (Å²) in [5.41, 5.74) is -0.0350. The summed E-state index contributed by atoms with van der Waals surface area (Å²) in [5, 5.41) is 13.5. The largest absolute Gasteiger partial charge is 0.388 e. The molecule has 4 rings (SSSR count). The van der Waals surface area contributed by atoms with Gasteiger partial charge in [-0.25, -0.2) is 0 Å². The van der Waals surface area contributed by atoms with Crippen LogP contribution in [0.25, 0.3) is 0 Å². The van der Waals surface area contributed by atoms with Crippen LogP contribution in [0.4, 0.5) is 0 Å². The van der Waals surface area contributed by atoms with E-state index in [2.05, 4.69) is 10.3 Å². The molecule has 0 spiro atoms. The molecule has 3 aliphatic rings. The van der Waals surface area contributed by atoms with Gasteiger partial charge in [-0.1, -0.05) is 25.3 Å². The minimum Gasteiger partial charge on any atom is -0.388 e. The molecular formula is C20H27N3O4. The Morgan fingerprint density at radius 1 is 1.33 bits per heavy atom. The topological polar surface area (TPSA) is 91.8 Å². The van der Waals surface area contributed by atoms with Gasteiger partial charge in [-0.05, 0) is 37.3 Å².